The van der Waals surface area contributed by atoms with Crippen molar-refractivity contribution in [2.24, 2.45) is 0 Å². The van der Waals surface area contributed by atoms with Gasteiger partial charge >= 0.3 is 0 Å². The van der Waals surface area contributed by atoms with Crippen LogP contribution in [0, 0.1) is 11.3 Å². The summed E-state index contributed by atoms with van der Waals surface area (Å²) in [5, 5.41) is 18.5. The highest BCUT2D eigenvalue weighted by molar-refractivity contribution is 9.11. The van der Waals surface area contributed by atoms with Gasteiger partial charge in [-0.1, -0.05) is 214 Å². The highest BCUT2D eigenvalue weighted by atomic mass is 79.9. The van der Waals surface area contributed by atoms with Crippen molar-refractivity contribution in [3.8, 4) is 95.1 Å². The third kappa shape index (κ3) is 5.42. The van der Waals surface area contributed by atoms with Crippen molar-refractivity contribution >= 4 is 126 Å². The van der Waals surface area contributed by atoms with Gasteiger partial charge in [0.2, 0.25) is 13.4 Å². The van der Waals surface area contributed by atoms with Crippen molar-refractivity contribution in [1.29, 1.82) is 5.26 Å². The maximum atomic E-state index is 10.8. The van der Waals surface area contributed by atoms with Gasteiger partial charge in [0.05, 0.1) is 11.6 Å². The van der Waals surface area contributed by atoms with Gasteiger partial charge in [-0.05, 0) is 182 Å². The normalized spacial score (nSPS) is 12.9. The molecular weight excluding hydrogens is 1060 g/mol. The van der Waals surface area contributed by atoms with Crippen molar-refractivity contribution in [1.82, 2.24) is 0 Å². The standard InChI is InChI=1S/C65H32B2Br3N/c68-37-19-21-56-46(25-37)52-23-34(33-71)24-53-48-29-44(42-17-9-7-15-40(42)35-11-3-1-4-12-35)50-32-59-61-49(55-28-39(70)27-54-47-26-38(69)20-22-57(47)67(59)65(54)55)30-45(43-18-10-8-16-41(43)36-13-5-2-6-14-36)51-31-58(66(56)64(52)53)60(48)62(50)63(51)61/h1-32H. The second-order valence-corrected chi connectivity index (χ2v) is 22.4. The first-order valence-corrected chi connectivity index (χ1v) is 26.5. The van der Waals surface area contributed by atoms with Crippen molar-refractivity contribution in [3.63, 3.8) is 0 Å². The molecule has 0 radical (unpaired) electrons. The number of hydrogen-bond donors (Lipinski definition) is 0. The Kier molecular flexibility index (Phi) is 8.35. The third-order valence-electron chi connectivity index (χ3n) is 16.2. The summed E-state index contributed by atoms with van der Waals surface area (Å²) in [7, 11) is 0. The van der Waals surface area contributed by atoms with Gasteiger partial charge in [0.1, 0.15) is 0 Å². The number of halogens is 3. The summed E-state index contributed by atoms with van der Waals surface area (Å²) in [5.74, 6) is 0. The van der Waals surface area contributed by atoms with E-state index >= 15 is 0 Å². The third-order valence-corrected chi connectivity index (χ3v) is 17.7. The summed E-state index contributed by atoms with van der Waals surface area (Å²) in [6.07, 6.45) is 0. The summed E-state index contributed by atoms with van der Waals surface area (Å²) in [6, 6.07) is 75.3. The predicted octanol–water partition coefficient (Wildman–Crippen LogP) is 14.4. The van der Waals surface area contributed by atoms with Gasteiger partial charge in [0.25, 0.3) is 0 Å². The van der Waals surface area contributed by atoms with E-state index in [4.69, 9.17) is 0 Å². The Morgan fingerprint density at radius 3 is 1.15 bits per heavy atom. The SMILES string of the molecule is N#Cc1cc2c3c(c1)-c1cc(-c4ccccc4-c4ccccc4)c4cc5c6c(cc(-c7ccccc7-c7ccccc7)c7cc(c1c4c76)B3c1ccc(Br)cc1-2)-c1cc(Br)cc2c1B5c1ccc(Br)cc1-2. The molecule has 0 saturated carbocycles. The summed E-state index contributed by atoms with van der Waals surface area (Å²) in [6.45, 7) is 0.00438. The van der Waals surface area contributed by atoms with Crippen LogP contribution in [0.3, 0.4) is 0 Å². The predicted molar refractivity (Wildman–Crippen MR) is 311 cm³/mol. The number of rotatable bonds is 4. The first kappa shape index (κ1) is 40.5. The van der Waals surface area contributed by atoms with Crippen molar-refractivity contribution < 1.29 is 0 Å². The molecule has 16 rings (SSSR count). The highest BCUT2D eigenvalue weighted by Crippen LogP contribution is 2.53. The molecule has 0 atom stereocenters. The molecule has 12 aromatic carbocycles. The maximum absolute atomic E-state index is 10.8. The molecule has 0 saturated heterocycles. The molecule has 0 unspecified atom stereocenters. The van der Waals surface area contributed by atoms with Crippen LogP contribution in [0.25, 0.3) is 121 Å². The molecule has 0 fully saturated rings. The molecule has 0 N–H and O–H groups in total. The Labute approximate surface area is 436 Å². The molecular formula is C65H32B2Br3N. The zero-order valence-corrected chi connectivity index (χ0v) is 42.5. The zero-order chi connectivity index (χ0) is 47.0. The van der Waals surface area contributed by atoms with E-state index in [1.54, 1.807) is 0 Å². The van der Waals surface area contributed by atoms with Crippen LogP contribution < -0.4 is 32.8 Å². The van der Waals surface area contributed by atoms with Gasteiger partial charge in [-0.25, -0.2) is 0 Å². The number of nitriles is 1. The van der Waals surface area contributed by atoms with Gasteiger partial charge in [-0.3, -0.25) is 0 Å². The Hall–Kier alpha value is -7.26. The molecule has 0 spiro atoms. The van der Waals surface area contributed by atoms with E-state index in [1.807, 2.05) is 0 Å². The molecule has 0 aliphatic carbocycles. The molecule has 0 bridgehead atoms. The van der Waals surface area contributed by atoms with Crippen LogP contribution in [-0.2, 0) is 0 Å². The van der Waals surface area contributed by atoms with Crippen molar-refractivity contribution in [2.45, 2.75) is 0 Å². The average molecular weight is 1090 g/mol. The van der Waals surface area contributed by atoms with E-state index < -0.39 is 0 Å². The monoisotopic (exact) mass is 1090 g/mol. The lowest BCUT2D eigenvalue weighted by Crippen LogP contribution is -2.53. The molecule has 0 amide bonds. The highest BCUT2D eigenvalue weighted by Gasteiger charge is 2.45. The number of hydrogen-bond acceptors (Lipinski definition) is 1. The molecule has 71 heavy (non-hydrogen) atoms. The maximum Gasteiger partial charge on any atom is 0.244 e. The molecule has 1 nitrogen and oxygen atoms in total. The summed E-state index contributed by atoms with van der Waals surface area (Å²) >= 11 is 11.8. The first-order chi connectivity index (χ1) is 34.9. The lowest BCUT2D eigenvalue weighted by atomic mass is 9.34. The number of nitrogens with zero attached hydrogens (tertiary/aromatic N) is 1. The zero-order valence-electron chi connectivity index (χ0n) is 37.7. The summed E-state index contributed by atoms with van der Waals surface area (Å²) in [4.78, 5) is 0. The largest absolute Gasteiger partial charge is 0.244 e. The van der Waals surface area contributed by atoms with E-state index in [0.717, 1.165) is 24.5 Å². The molecule has 4 aliphatic rings. The number of benzene rings is 12. The quantitative estimate of drug-likeness (QED) is 0.127. The first-order valence-electron chi connectivity index (χ1n) is 24.1. The summed E-state index contributed by atoms with van der Waals surface area (Å²) in [5.41, 5.74) is 28.0. The minimum atomic E-state index is -0.0268. The molecule has 324 valence electrons. The summed E-state index contributed by atoms with van der Waals surface area (Å²) < 4.78 is 3.18. The fourth-order valence-electron chi connectivity index (χ4n) is 13.6. The molecule has 12 aromatic rings. The van der Waals surface area contributed by atoms with Crippen LogP contribution in [0.4, 0.5) is 0 Å². The van der Waals surface area contributed by atoms with Crippen LogP contribution in [0.1, 0.15) is 5.56 Å². The molecule has 0 aromatic heterocycles. The smallest absolute Gasteiger partial charge is 0.192 e. The molecule has 6 heteroatoms. The fraction of sp³-hybridized carbons (Fsp3) is 0. The fourth-order valence-corrected chi connectivity index (χ4v) is 14.8. The van der Waals surface area contributed by atoms with E-state index in [-0.39, 0.29) is 13.4 Å². The second-order valence-electron chi connectivity index (χ2n) is 19.6. The van der Waals surface area contributed by atoms with E-state index in [1.165, 1.54) is 143 Å². The Balaban J connectivity index is 1.16. The minimum Gasteiger partial charge on any atom is -0.192 e. The van der Waals surface area contributed by atoms with Crippen LogP contribution >= 0.6 is 47.8 Å². The topological polar surface area (TPSA) is 23.8 Å². The van der Waals surface area contributed by atoms with Crippen LogP contribution in [0.5, 0.6) is 0 Å². The van der Waals surface area contributed by atoms with Gasteiger partial charge in [-0.15, -0.1) is 0 Å². The van der Waals surface area contributed by atoms with E-state index in [9.17, 15) is 5.26 Å². The lowest BCUT2D eigenvalue weighted by molar-refractivity contribution is 1.49. The van der Waals surface area contributed by atoms with Gasteiger partial charge in [0, 0.05) is 13.4 Å². The average Bonchev–Trinajstić information content (AvgIpc) is 3.91. The van der Waals surface area contributed by atoms with Gasteiger partial charge in [0.15, 0.2) is 0 Å². The van der Waals surface area contributed by atoms with E-state index in [0.29, 0.717) is 5.56 Å². The molecule has 4 aliphatic heterocycles. The van der Waals surface area contributed by atoms with Crippen LogP contribution in [-0.4, -0.2) is 13.4 Å². The van der Waals surface area contributed by atoms with Crippen LogP contribution in [0.2, 0.25) is 0 Å². The number of fused-ring (bicyclic) bond motifs is 10. The van der Waals surface area contributed by atoms with Gasteiger partial charge in [-0.2, -0.15) is 5.26 Å². The molecule has 4 heterocycles. The Morgan fingerprint density at radius 2 is 0.690 bits per heavy atom. The van der Waals surface area contributed by atoms with Crippen molar-refractivity contribution in [2.75, 3.05) is 0 Å². The van der Waals surface area contributed by atoms with Crippen molar-refractivity contribution in [3.05, 3.63) is 213 Å². The Bertz CT molecular complexity index is 4460. The minimum absolute atomic E-state index is 0.0268. The second kappa shape index (κ2) is 14.7. The van der Waals surface area contributed by atoms with Crippen LogP contribution in [0.15, 0.2) is 208 Å². The lowest BCUT2D eigenvalue weighted by Gasteiger charge is -2.33. The van der Waals surface area contributed by atoms with E-state index in [2.05, 4.69) is 248 Å². The van der Waals surface area contributed by atoms with Gasteiger partial charge < -0.3 is 0 Å². The Morgan fingerprint density at radius 1 is 0.296 bits per heavy atom.